The molecule has 0 aromatic heterocycles. The van der Waals surface area contributed by atoms with Gasteiger partial charge in [-0.25, -0.2) is 0 Å². The van der Waals surface area contributed by atoms with E-state index in [0.29, 0.717) is 0 Å². The minimum absolute atomic E-state index is 0.265. The minimum Gasteiger partial charge on any atom is -0.411 e. The van der Waals surface area contributed by atoms with Crippen LogP contribution in [0.1, 0.15) is 31.2 Å². The van der Waals surface area contributed by atoms with Crippen molar-refractivity contribution in [2.75, 3.05) is 7.11 Å². The normalized spacial score (nSPS) is 24.7. The van der Waals surface area contributed by atoms with Gasteiger partial charge in [0.15, 0.2) is 0 Å². The highest BCUT2D eigenvalue weighted by Gasteiger charge is 2.35. The zero-order valence-electron chi connectivity index (χ0n) is 9.82. The Balaban J connectivity index is 2.24. The number of benzene rings is 1. The second kappa shape index (κ2) is 5.07. The Labute approximate surface area is 106 Å². The summed E-state index contributed by atoms with van der Waals surface area (Å²) in [5.74, 6) is 0. The average molecular weight is 254 g/mol. The molecule has 1 saturated carbocycles. The Morgan fingerprint density at radius 1 is 1.24 bits per heavy atom. The summed E-state index contributed by atoms with van der Waals surface area (Å²) in [6, 6.07) is 7.78. The predicted octanol–water partition coefficient (Wildman–Crippen LogP) is 3.59. The van der Waals surface area contributed by atoms with Gasteiger partial charge in [-0.3, -0.25) is 0 Å². The first-order chi connectivity index (χ1) is 8.20. The molecule has 3 nitrogen and oxygen atoms in total. The molecule has 1 aromatic rings. The summed E-state index contributed by atoms with van der Waals surface area (Å²) in [4.78, 5) is 0. The zero-order chi connectivity index (χ0) is 12.3. The maximum absolute atomic E-state index is 8.77. The minimum atomic E-state index is -0.265. The van der Waals surface area contributed by atoms with Gasteiger partial charge in [-0.1, -0.05) is 28.9 Å². The van der Waals surface area contributed by atoms with Crippen LogP contribution in [0.4, 0.5) is 0 Å². The Bertz CT molecular complexity index is 404. The SMILES string of the molecule is COC1(c2ccc(Cl)cc2)CCC(=NO)CC1. The lowest BCUT2D eigenvalue weighted by atomic mass is 9.78. The molecule has 0 saturated heterocycles. The second-order valence-corrected chi connectivity index (χ2v) is 4.81. The van der Waals surface area contributed by atoms with Gasteiger partial charge < -0.3 is 9.94 Å². The first-order valence-electron chi connectivity index (χ1n) is 5.71. The molecule has 0 aliphatic heterocycles. The van der Waals surface area contributed by atoms with Crippen molar-refractivity contribution < 1.29 is 9.94 Å². The fourth-order valence-corrected chi connectivity index (χ4v) is 2.53. The molecule has 0 radical (unpaired) electrons. The number of hydrogen-bond acceptors (Lipinski definition) is 3. The van der Waals surface area contributed by atoms with Crippen molar-refractivity contribution in [3.8, 4) is 0 Å². The monoisotopic (exact) mass is 253 g/mol. The molecule has 1 aliphatic carbocycles. The molecule has 0 atom stereocenters. The van der Waals surface area contributed by atoms with E-state index in [1.165, 1.54) is 0 Å². The van der Waals surface area contributed by atoms with E-state index in [2.05, 4.69) is 5.16 Å². The van der Waals surface area contributed by atoms with E-state index in [4.69, 9.17) is 21.5 Å². The maximum atomic E-state index is 8.77. The van der Waals surface area contributed by atoms with Crippen LogP contribution in [-0.4, -0.2) is 18.0 Å². The molecule has 0 spiro atoms. The van der Waals surface area contributed by atoms with Crippen LogP contribution >= 0.6 is 11.6 Å². The van der Waals surface area contributed by atoms with E-state index < -0.39 is 0 Å². The summed E-state index contributed by atoms with van der Waals surface area (Å²) in [5, 5.41) is 12.8. The summed E-state index contributed by atoms with van der Waals surface area (Å²) < 4.78 is 5.72. The van der Waals surface area contributed by atoms with Gasteiger partial charge in [0.25, 0.3) is 0 Å². The van der Waals surface area contributed by atoms with Crippen LogP contribution in [-0.2, 0) is 10.3 Å². The van der Waals surface area contributed by atoms with Gasteiger partial charge in [0.1, 0.15) is 0 Å². The number of oxime groups is 1. The number of nitrogens with zero attached hydrogens (tertiary/aromatic N) is 1. The molecule has 0 amide bonds. The van der Waals surface area contributed by atoms with Gasteiger partial charge in [0.05, 0.1) is 11.3 Å². The van der Waals surface area contributed by atoms with Crippen molar-refractivity contribution in [1.29, 1.82) is 0 Å². The van der Waals surface area contributed by atoms with Crippen LogP contribution in [0.3, 0.4) is 0 Å². The Kier molecular flexibility index (Phi) is 3.69. The third kappa shape index (κ3) is 2.45. The molecule has 2 rings (SSSR count). The lowest BCUT2D eigenvalue weighted by molar-refractivity contribution is -0.0317. The highest BCUT2D eigenvalue weighted by atomic mass is 35.5. The molecule has 17 heavy (non-hydrogen) atoms. The van der Waals surface area contributed by atoms with E-state index in [1.54, 1.807) is 7.11 Å². The van der Waals surface area contributed by atoms with E-state index in [1.807, 2.05) is 24.3 Å². The predicted molar refractivity (Wildman–Crippen MR) is 67.8 cm³/mol. The Morgan fingerprint density at radius 3 is 2.29 bits per heavy atom. The Hall–Kier alpha value is -1.06. The van der Waals surface area contributed by atoms with Crippen LogP contribution in [0.25, 0.3) is 0 Å². The molecule has 1 N–H and O–H groups in total. The third-order valence-corrected chi connectivity index (χ3v) is 3.79. The summed E-state index contributed by atoms with van der Waals surface area (Å²) in [7, 11) is 1.73. The van der Waals surface area contributed by atoms with Crippen LogP contribution in [0.15, 0.2) is 29.4 Å². The molecule has 1 fully saturated rings. The summed E-state index contributed by atoms with van der Waals surface area (Å²) in [6.07, 6.45) is 3.22. The van der Waals surface area contributed by atoms with Gasteiger partial charge in [-0.15, -0.1) is 0 Å². The molecule has 92 valence electrons. The summed E-state index contributed by atoms with van der Waals surface area (Å²) in [6.45, 7) is 0. The summed E-state index contributed by atoms with van der Waals surface area (Å²) in [5.41, 5.74) is 1.73. The zero-order valence-corrected chi connectivity index (χ0v) is 10.6. The number of rotatable bonds is 2. The Morgan fingerprint density at radius 2 is 1.82 bits per heavy atom. The highest BCUT2D eigenvalue weighted by molar-refractivity contribution is 6.30. The fourth-order valence-electron chi connectivity index (χ4n) is 2.41. The molecule has 4 heteroatoms. The number of ether oxygens (including phenoxy) is 1. The van der Waals surface area contributed by atoms with E-state index >= 15 is 0 Å². The van der Waals surface area contributed by atoms with Gasteiger partial charge >= 0.3 is 0 Å². The van der Waals surface area contributed by atoms with Gasteiger partial charge in [0, 0.05) is 12.1 Å². The van der Waals surface area contributed by atoms with E-state index in [9.17, 15) is 0 Å². The van der Waals surface area contributed by atoms with Crippen molar-refractivity contribution in [3.05, 3.63) is 34.9 Å². The summed E-state index contributed by atoms with van der Waals surface area (Å²) >= 11 is 5.89. The molecule has 0 unspecified atom stereocenters. The highest BCUT2D eigenvalue weighted by Crippen LogP contribution is 2.39. The number of hydrogen-bond donors (Lipinski definition) is 1. The molecule has 1 aromatic carbocycles. The quantitative estimate of drug-likeness (QED) is 0.647. The van der Waals surface area contributed by atoms with Gasteiger partial charge in [-0.05, 0) is 43.4 Å². The van der Waals surface area contributed by atoms with Crippen molar-refractivity contribution in [2.45, 2.75) is 31.3 Å². The smallest absolute Gasteiger partial charge is 0.0934 e. The maximum Gasteiger partial charge on any atom is 0.0934 e. The van der Waals surface area contributed by atoms with Gasteiger partial charge in [0.2, 0.25) is 0 Å². The molecular formula is C13H16ClNO2. The average Bonchev–Trinajstić information content (AvgIpc) is 2.40. The fraction of sp³-hybridized carbons (Fsp3) is 0.462. The van der Waals surface area contributed by atoms with Crippen molar-refractivity contribution in [2.24, 2.45) is 5.16 Å². The number of halogens is 1. The second-order valence-electron chi connectivity index (χ2n) is 4.37. The van der Waals surface area contributed by atoms with Crippen molar-refractivity contribution in [1.82, 2.24) is 0 Å². The van der Waals surface area contributed by atoms with E-state index in [-0.39, 0.29) is 5.60 Å². The topological polar surface area (TPSA) is 41.8 Å². The van der Waals surface area contributed by atoms with Gasteiger partial charge in [-0.2, -0.15) is 0 Å². The standard InChI is InChI=1S/C13H16ClNO2/c1-17-13(8-6-12(15-16)7-9-13)10-2-4-11(14)5-3-10/h2-5,16H,6-9H2,1H3. The van der Waals surface area contributed by atoms with Crippen molar-refractivity contribution >= 4 is 17.3 Å². The molecule has 0 heterocycles. The largest absolute Gasteiger partial charge is 0.411 e. The van der Waals surface area contributed by atoms with E-state index in [0.717, 1.165) is 42.0 Å². The lowest BCUT2D eigenvalue weighted by Gasteiger charge is -2.36. The molecule has 1 aliphatic rings. The van der Waals surface area contributed by atoms with Crippen LogP contribution in [0, 0.1) is 0 Å². The van der Waals surface area contributed by atoms with Crippen LogP contribution < -0.4 is 0 Å². The molecule has 0 bridgehead atoms. The third-order valence-electron chi connectivity index (χ3n) is 3.54. The first kappa shape index (κ1) is 12.4. The molecular weight excluding hydrogens is 238 g/mol. The first-order valence-corrected chi connectivity index (χ1v) is 6.09. The van der Waals surface area contributed by atoms with Crippen molar-refractivity contribution in [3.63, 3.8) is 0 Å². The lowest BCUT2D eigenvalue weighted by Crippen LogP contribution is -2.33. The van der Waals surface area contributed by atoms with Crippen LogP contribution in [0.5, 0.6) is 0 Å². The van der Waals surface area contributed by atoms with Crippen LogP contribution in [0.2, 0.25) is 5.02 Å². The number of methoxy groups -OCH3 is 1.